The van der Waals surface area contributed by atoms with E-state index in [2.05, 4.69) is 22.9 Å². The number of likely N-dealkylation sites (N-methyl/N-ethyl adjacent to an activating group) is 1. The number of fused-ring (bicyclic) bond motifs is 2. The Hall–Kier alpha value is -3.02. The summed E-state index contributed by atoms with van der Waals surface area (Å²) in [5.74, 6) is -3.34. The second-order valence-corrected chi connectivity index (χ2v) is 15.0. The first-order chi connectivity index (χ1) is 23.0. The van der Waals surface area contributed by atoms with E-state index in [1.165, 1.54) is 4.90 Å². The number of hydrogen-bond donors (Lipinski definition) is 1. The maximum atomic E-state index is 14.9. The highest BCUT2D eigenvalue weighted by Crippen LogP contribution is 2.59. The van der Waals surface area contributed by atoms with Gasteiger partial charge in [-0.15, -0.1) is 0 Å². The van der Waals surface area contributed by atoms with Gasteiger partial charge in [0, 0.05) is 31.0 Å². The lowest BCUT2D eigenvalue weighted by Crippen LogP contribution is -2.58. The molecule has 1 aromatic rings. The fraction of sp³-hybridized carbons (Fsp3) is 0.622. The van der Waals surface area contributed by atoms with Crippen LogP contribution in [0.15, 0.2) is 53.0 Å². The van der Waals surface area contributed by atoms with Crippen LogP contribution < -0.4 is 0 Å². The van der Waals surface area contributed by atoms with Crippen LogP contribution in [0.3, 0.4) is 0 Å². The summed E-state index contributed by atoms with van der Waals surface area (Å²) >= 11 is 3.63. The van der Waals surface area contributed by atoms with Gasteiger partial charge < -0.3 is 29.3 Å². The number of amides is 3. The molecule has 8 atom stereocenters. The van der Waals surface area contributed by atoms with E-state index in [0.29, 0.717) is 30.4 Å². The molecule has 11 heteroatoms. The minimum atomic E-state index is -1.42. The summed E-state index contributed by atoms with van der Waals surface area (Å²) in [6.07, 6.45) is 7.89. The van der Waals surface area contributed by atoms with Crippen molar-refractivity contribution in [3.8, 4) is 0 Å². The third kappa shape index (κ3) is 6.74. The van der Waals surface area contributed by atoms with E-state index in [9.17, 15) is 24.3 Å². The third-order valence-electron chi connectivity index (χ3n) is 10.4. The number of aliphatic hydroxyl groups excluding tert-OH is 1. The van der Waals surface area contributed by atoms with Crippen molar-refractivity contribution >= 4 is 39.6 Å². The Morgan fingerprint density at radius 3 is 2.44 bits per heavy atom. The fourth-order valence-corrected chi connectivity index (χ4v) is 8.60. The zero-order valence-electron chi connectivity index (χ0n) is 28.7. The van der Waals surface area contributed by atoms with Crippen LogP contribution >= 0.6 is 15.9 Å². The molecule has 4 aliphatic rings. The minimum absolute atomic E-state index is 0.0951. The molecule has 262 valence electrons. The van der Waals surface area contributed by atoms with Crippen LogP contribution in [-0.4, -0.2) is 100 Å². The highest BCUT2D eigenvalue weighted by atomic mass is 79.9. The fourth-order valence-electron chi connectivity index (χ4n) is 7.86. The van der Waals surface area contributed by atoms with Crippen LogP contribution in [0, 0.1) is 17.8 Å². The van der Waals surface area contributed by atoms with Gasteiger partial charge in [0.05, 0.1) is 24.6 Å². The number of carbonyl (C=O) groups is 4. The van der Waals surface area contributed by atoms with Gasteiger partial charge in [0.15, 0.2) is 0 Å². The average Bonchev–Trinajstić information content (AvgIpc) is 3.67. The molecule has 1 aromatic carbocycles. The average molecular weight is 729 g/mol. The lowest BCUT2D eigenvalue weighted by atomic mass is 9.74. The molecule has 0 saturated carbocycles. The van der Waals surface area contributed by atoms with Crippen LogP contribution in [-0.2, 0) is 28.7 Å². The zero-order valence-corrected chi connectivity index (χ0v) is 30.3. The Balaban J connectivity index is 1.64. The molecular formula is C37H50BrN3O7. The van der Waals surface area contributed by atoms with E-state index in [4.69, 9.17) is 9.47 Å². The van der Waals surface area contributed by atoms with E-state index >= 15 is 0 Å². The number of aliphatic hydroxyl groups is 1. The summed E-state index contributed by atoms with van der Waals surface area (Å²) in [5.41, 5.74) is -0.704. The second-order valence-electron chi connectivity index (χ2n) is 14.1. The van der Waals surface area contributed by atoms with Crippen molar-refractivity contribution in [3.05, 3.63) is 58.6 Å². The number of esters is 1. The zero-order chi connectivity index (χ0) is 34.7. The van der Waals surface area contributed by atoms with Crippen molar-refractivity contribution in [3.63, 3.8) is 0 Å². The first-order valence-electron chi connectivity index (χ1n) is 17.4. The van der Waals surface area contributed by atoms with Crippen LogP contribution in [0.1, 0.15) is 77.9 Å². The largest absolute Gasteiger partial charge is 0.455 e. The van der Waals surface area contributed by atoms with Crippen molar-refractivity contribution in [1.82, 2.24) is 14.7 Å². The molecule has 4 aliphatic heterocycles. The smallest absolute Gasteiger partial charge is 0.313 e. The number of nitrogens with zero attached hydrogens (tertiary/aromatic N) is 3. The predicted molar refractivity (Wildman–Crippen MR) is 185 cm³/mol. The SMILES string of the molecule is CCCCCN1C/C=C\CCC(=O)N(C)[C@H](C)[C@@H](c2ccccc2)OC(=O)[C@@H]2[C@H]3O[C@@]4(C=C3Br)[C@H](C1=O)N([C@@H](CO)CC(C)C)C(=O)[C@@H]24. The van der Waals surface area contributed by atoms with Crippen molar-refractivity contribution in [1.29, 1.82) is 0 Å². The van der Waals surface area contributed by atoms with E-state index in [0.717, 1.165) is 24.8 Å². The Morgan fingerprint density at radius 1 is 1.04 bits per heavy atom. The normalized spacial score (nSPS) is 32.5. The lowest BCUT2D eigenvalue weighted by molar-refractivity contribution is -0.164. The molecule has 0 aromatic heterocycles. The van der Waals surface area contributed by atoms with Gasteiger partial charge in [-0.25, -0.2) is 0 Å². The summed E-state index contributed by atoms with van der Waals surface area (Å²) in [5, 5.41) is 10.7. The molecule has 5 bridgehead atoms. The maximum Gasteiger partial charge on any atom is 0.313 e. The Morgan fingerprint density at radius 2 is 1.77 bits per heavy atom. The predicted octanol–water partition coefficient (Wildman–Crippen LogP) is 4.77. The van der Waals surface area contributed by atoms with Crippen LogP contribution in [0.2, 0.25) is 0 Å². The number of hydrogen-bond acceptors (Lipinski definition) is 7. The molecule has 0 aliphatic carbocycles. The minimum Gasteiger partial charge on any atom is -0.455 e. The molecular weight excluding hydrogens is 678 g/mol. The third-order valence-corrected chi connectivity index (χ3v) is 11.1. The first kappa shape index (κ1) is 36.3. The number of allylic oxidation sites excluding steroid dienone is 1. The topological polar surface area (TPSA) is 117 Å². The number of cyclic esters (lactones) is 1. The number of carbonyl (C=O) groups excluding carboxylic acids is 4. The van der Waals surface area contributed by atoms with E-state index in [1.807, 2.05) is 63.3 Å². The van der Waals surface area contributed by atoms with Crippen LogP contribution in [0.4, 0.5) is 0 Å². The van der Waals surface area contributed by atoms with Gasteiger partial charge in [-0.2, -0.15) is 0 Å². The maximum absolute atomic E-state index is 14.9. The molecule has 48 heavy (non-hydrogen) atoms. The Bertz CT molecular complexity index is 1420. The first-order valence-corrected chi connectivity index (χ1v) is 18.2. The van der Waals surface area contributed by atoms with E-state index in [1.54, 1.807) is 22.9 Å². The molecule has 3 amide bonds. The molecule has 5 rings (SSSR count). The van der Waals surface area contributed by atoms with Crippen molar-refractivity contribution in [2.75, 3.05) is 26.7 Å². The number of ether oxygens (including phenoxy) is 2. The molecule has 1 N–H and O–H groups in total. The van der Waals surface area contributed by atoms with Crippen LogP contribution in [0.5, 0.6) is 0 Å². The summed E-state index contributed by atoms with van der Waals surface area (Å²) in [6, 6.07) is 7.05. The summed E-state index contributed by atoms with van der Waals surface area (Å²) in [6.45, 7) is 8.41. The lowest BCUT2D eigenvalue weighted by Gasteiger charge is -2.39. The van der Waals surface area contributed by atoms with Gasteiger partial charge in [0.25, 0.3) is 0 Å². The number of likely N-dealkylation sites (tertiary alicyclic amines) is 1. The van der Waals surface area contributed by atoms with Gasteiger partial charge in [0.1, 0.15) is 29.8 Å². The highest BCUT2D eigenvalue weighted by Gasteiger charge is 2.75. The van der Waals surface area contributed by atoms with Crippen LogP contribution in [0.25, 0.3) is 0 Å². The number of benzene rings is 1. The quantitative estimate of drug-likeness (QED) is 0.222. The molecule has 10 nitrogen and oxygen atoms in total. The molecule has 0 unspecified atom stereocenters. The summed E-state index contributed by atoms with van der Waals surface area (Å²) in [7, 11) is 1.71. The van der Waals surface area contributed by atoms with Gasteiger partial charge >= 0.3 is 5.97 Å². The van der Waals surface area contributed by atoms with Gasteiger partial charge in [-0.3, -0.25) is 19.2 Å². The molecule has 1 spiro atoms. The molecule has 4 heterocycles. The number of rotatable bonds is 9. The Labute approximate surface area is 292 Å². The van der Waals surface area contributed by atoms with Gasteiger partial charge in [-0.05, 0) is 43.7 Å². The summed E-state index contributed by atoms with van der Waals surface area (Å²) in [4.78, 5) is 62.3. The second kappa shape index (κ2) is 15.3. The summed E-state index contributed by atoms with van der Waals surface area (Å²) < 4.78 is 13.6. The number of halogens is 1. The standard InChI is InChI=1S/C37H50BrN3O7/c1-6-7-13-18-40-19-14-9-12-17-28(43)39(5)24(4)31(25-15-10-8-11-16-25)47-36(46)29-30-34(44)41(26(22-42)20-23(2)3)33(35(40)45)37(30)21-27(38)32(29)48-37/h8-11,14-16,21,23-24,26,29-33,42H,6-7,12-13,17-20,22H2,1-5H3/b14-9-/t24-,26-,29+,30-,31+,32+,33+,37-/m1/s1. The van der Waals surface area contributed by atoms with Gasteiger partial charge in [0.2, 0.25) is 17.7 Å². The van der Waals surface area contributed by atoms with Gasteiger partial charge in [-0.1, -0.05) is 92.0 Å². The van der Waals surface area contributed by atoms with E-state index in [-0.39, 0.29) is 30.8 Å². The highest BCUT2D eigenvalue weighted by molar-refractivity contribution is 9.11. The molecule has 2 fully saturated rings. The molecule has 0 radical (unpaired) electrons. The Kier molecular flexibility index (Phi) is 11.5. The van der Waals surface area contributed by atoms with Crippen molar-refractivity contribution < 1.29 is 33.8 Å². The van der Waals surface area contributed by atoms with Crippen molar-refractivity contribution in [2.24, 2.45) is 17.8 Å². The monoisotopic (exact) mass is 727 g/mol. The van der Waals surface area contributed by atoms with E-state index < -0.39 is 59.6 Å². The molecule has 2 saturated heterocycles. The van der Waals surface area contributed by atoms with Crippen molar-refractivity contribution in [2.45, 2.75) is 102 Å². The number of unbranched alkanes of at least 4 members (excludes halogenated alkanes) is 2.